The molecule has 3 atom stereocenters. The van der Waals surface area contributed by atoms with Crippen molar-refractivity contribution in [2.75, 3.05) is 7.11 Å². The van der Waals surface area contributed by atoms with E-state index in [9.17, 15) is 10.1 Å². The molecule has 1 aromatic heterocycles. The molecule has 124 valence electrons. The number of ether oxygens (including phenoxy) is 1. The second-order valence-electron chi connectivity index (χ2n) is 6.11. The summed E-state index contributed by atoms with van der Waals surface area (Å²) in [6.45, 7) is 0. The van der Waals surface area contributed by atoms with Crippen LogP contribution in [0.2, 0.25) is 5.02 Å². The Morgan fingerprint density at radius 3 is 2.64 bits per heavy atom. The van der Waals surface area contributed by atoms with Crippen molar-refractivity contribution in [1.82, 2.24) is 9.97 Å². The Hall–Kier alpha value is -2.84. The molecule has 1 aliphatic rings. The summed E-state index contributed by atoms with van der Waals surface area (Å²) in [5, 5.41) is 10.6. The second kappa shape index (κ2) is 5.61. The molecule has 1 N–H and O–H groups in total. The number of hydrogen-bond donors (Lipinski definition) is 1. The number of methoxy groups -OCH3 is 1. The Bertz CT molecular complexity index is 972. The molecule has 3 aromatic rings. The molecule has 5 nitrogen and oxygen atoms in total. The first-order valence-electron chi connectivity index (χ1n) is 7.81. The maximum absolute atomic E-state index is 12.3. The van der Waals surface area contributed by atoms with E-state index in [1.807, 2.05) is 36.4 Å². The fraction of sp³-hybridized carbons (Fsp3) is 0.211. The Balaban J connectivity index is 1.86. The van der Waals surface area contributed by atoms with E-state index in [0.29, 0.717) is 10.8 Å². The van der Waals surface area contributed by atoms with Gasteiger partial charge in [0, 0.05) is 10.9 Å². The van der Waals surface area contributed by atoms with Crippen molar-refractivity contribution in [3.63, 3.8) is 0 Å². The van der Waals surface area contributed by atoms with Crippen molar-refractivity contribution < 1.29 is 9.53 Å². The number of aromatic amines is 1. The average molecular weight is 352 g/mol. The van der Waals surface area contributed by atoms with E-state index in [4.69, 9.17) is 16.3 Å². The van der Waals surface area contributed by atoms with Crippen molar-refractivity contribution in [1.29, 1.82) is 5.26 Å². The van der Waals surface area contributed by atoms with E-state index >= 15 is 0 Å². The number of para-hydroxylation sites is 2. The van der Waals surface area contributed by atoms with Gasteiger partial charge in [0.25, 0.3) is 0 Å². The minimum Gasteiger partial charge on any atom is -0.469 e. The summed E-state index contributed by atoms with van der Waals surface area (Å²) in [5.74, 6) is -0.861. The lowest BCUT2D eigenvalue weighted by Crippen LogP contribution is -2.16. The lowest BCUT2D eigenvalue weighted by molar-refractivity contribution is -0.142. The van der Waals surface area contributed by atoms with Gasteiger partial charge in [-0.2, -0.15) is 5.26 Å². The molecule has 1 heterocycles. The van der Waals surface area contributed by atoms with Gasteiger partial charge in [-0.25, -0.2) is 4.98 Å². The fourth-order valence-corrected chi connectivity index (χ4v) is 3.72. The molecular formula is C19H14ClN3O2. The van der Waals surface area contributed by atoms with E-state index in [0.717, 1.165) is 16.6 Å². The Morgan fingerprint density at radius 2 is 2.00 bits per heavy atom. The number of H-pyrrole nitrogens is 1. The predicted molar refractivity (Wildman–Crippen MR) is 93.1 cm³/mol. The molecule has 1 fully saturated rings. The molecule has 0 unspecified atom stereocenters. The number of halogens is 1. The summed E-state index contributed by atoms with van der Waals surface area (Å²) in [4.78, 5) is 20.1. The standard InChI is InChI=1S/C19H14ClN3O2/c1-25-17(24)16-15(11-6-8-12(20)9-7-11)19(16,10-21)18-22-13-4-2-3-5-14(13)23-18/h2-9,15-16H,1H3,(H,22,23)/t15-,16+,19+/m0/s1. The highest BCUT2D eigenvalue weighted by Gasteiger charge is 2.73. The van der Waals surface area contributed by atoms with Crippen LogP contribution in [-0.4, -0.2) is 23.0 Å². The predicted octanol–water partition coefficient (Wildman–Crippen LogP) is 3.56. The van der Waals surface area contributed by atoms with Crippen LogP contribution in [0.1, 0.15) is 17.3 Å². The number of aromatic nitrogens is 2. The van der Waals surface area contributed by atoms with Gasteiger partial charge in [-0.3, -0.25) is 4.79 Å². The van der Waals surface area contributed by atoms with E-state index < -0.39 is 17.3 Å². The summed E-state index contributed by atoms with van der Waals surface area (Å²) in [5.41, 5.74) is 1.39. The third-order valence-corrected chi connectivity index (χ3v) is 5.11. The van der Waals surface area contributed by atoms with Crippen LogP contribution in [0.4, 0.5) is 0 Å². The average Bonchev–Trinajstić information content (AvgIpc) is 3.13. The summed E-state index contributed by atoms with van der Waals surface area (Å²) in [7, 11) is 1.33. The van der Waals surface area contributed by atoms with Crippen LogP contribution in [0.25, 0.3) is 11.0 Å². The molecule has 0 radical (unpaired) electrons. The third-order valence-electron chi connectivity index (χ3n) is 4.86. The molecular weight excluding hydrogens is 338 g/mol. The van der Waals surface area contributed by atoms with Crippen molar-refractivity contribution in [3.8, 4) is 6.07 Å². The van der Waals surface area contributed by atoms with E-state index in [1.54, 1.807) is 12.1 Å². The topological polar surface area (TPSA) is 78.8 Å². The number of fused-ring (bicyclic) bond motifs is 1. The third kappa shape index (κ3) is 2.22. The number of carbonyl (C=O) groups is 1. The maximum Gasteiger partial charge on any atom is 0.311 e. The van der Waals surface area contributed by atoms with Gasteiger partial charge in [0.2, 0.25) is 0 Å². The monoisotopic (exact) mass is 351 g/mol. The number of carbonyl (C=O) groups excluding carboxylic acids is 1. The van der Waals surface area contributed by atoms with Gasteiger partial charge >= 0.3 is 5.97 Å². The maximum atomic E-state index is 12.3. The van der Waals surface area contributed by atoms with Gasteiger partial charge in [-0.15, -0.1) is 0 Å². The van der Waals surface area contributed by atoms with Gasteiger partial charge in [-0.1, -0.05) is 35.9 Å². The van der Waals surface area contributed by atoms with E-state index in [1.165, 1.54) is 7.11 Å². The van der Waals surface area contributed by atoms with Gasteiger partial charge in [-0.05, 0) is 29.8 Å². The molecule has 0 amide bonds. The summed E-state index contributed by atoms with van der Waals surface area (Å²) in [6.07, 6.45) is 0. The molecule has 0 spiro atoms. The van der Waals surface area contributed by atoms with Crippen LogP contribution in [0.3, 0.4) is 0 Å². The number of esters is 1. The van der Waals surface area contributed by atoms with E-state index in [2.05, 4.69) is 16.0 Å². The molecule has 2 aromatic carbocycles. The first-order valence-corrected chi connectivity index (χ1v) is 8.19. The smallest absolute Gasteiger partial charge is 0.311 e. The van der Waals surface area contributed by atoms with Gasteiger partial charge in [0.15, 0.2) is 0 Å². The summed E-state index contributed by atoms with van der Waals surface area (Å²) in [6, 6.07) is 17.1. The van der Waals surface area contributed by atoms with Crippen LogP contribution >= 0.6 is 11.6 Å². The zero-order valence-corrected chi connectivity index (χ0v) is 14.1. The Labute approximate surface area is 149 Å². The molecule has 25 heavy (non-hydrogen) atoms. The molecule has 1 saturated carbocycles. The van der Waals surface area contributed by atoms with Gasteiger partial charge in [0.05, 0.1) is 30.1 Å². The minimum absolute atomic E-state index is 0.331. The molecule has 0 aliphatic heterocycles. The lowest BCUT2D eigenvalue weighted by Gasteiger charge is -2.05. The highest BCUT2D eigenvalue weighted by atomic mass is 35.5. The molecule has 6 heteroatoms. The zero-order chi connectivity index (χ0) is 17.6. The largest absolute Gasteiger partial charge is 0.469 e. The molecule has 0 bridgehead atoms. The minimum atomic E-state index is -1.07. The Morgan fingerprint density at radius 1 is 1.28 bits per heavy atom. The van der Waals surface area contributed by atoms with Gasteiger partial charge < -0.3 is 9.72 Å². The lowest BCUT2D eigenvalue weighted by atomic mass is 9.99. The summed E-state index contributed by atoms with van der Waals surface area (Å²) < 4.78 is 4.94. The number of benzene rings is 2. The van der Waals surface area contributed by atoms with Crippen LogP contribution < -0.4 is 0 Å². The highest BCUT2D eigenvalue weighted by molar-refractivity contribution is 6.30. The van der Waals surface area contributed by atoms with Gasteiger partial charge in [0.1, 0.15) is 11.2 Å². The Kier molecular flexibility index (Phi) is 3.52. The first kappa shape index (κ1) is 15.7. The van der Waals surface area contributed by atoms with Crippen molar-refractivity contribution in [2.45, 2.75) is 11.3 Å². The van der Waals surface area contributed by atoms with Crippen LogP contribution in [-0.2, 0) is 14.9 Å². The first-order chi connectivity index (χ1) is 12.1. The van der Waals surface area contributed by atoms with Crippen LogP contribution in [0.5, 0.6) is 0 Å². The highest BCUT2D eigenvalue weighted by Crippen LogP contribution is 2.65. The number of hydrogen-bond acceptors (Lipinski definition) is 4. The fourth-order valence-electron chi connectivity index (χ4n) is 3.60. The SMILES string of the molecule is COC(=O)[C@H]1[C@H](c2ccc(Cl)cc2)[C@@]1(C#N)c1nc2ccccc2[nH]1. The zero-order valence-electron chi connectivity index (χ0n) is 13.4. The van der Waals surface area contributed by atoms with E-state index in [-0.39, 0.29) is 5.92 Å². The quantitative estimate of drug-likeness (QED) is 0.732. The number of nitriles is 1. The second-order valence-corrected chi connectivity index (χ2v) is 6.55. The molecule has 0 saturated heterocycles. The van der Waals surface area contributed by atoms with Crippen LogP contribution in [0, 0.1) is 17.2 Å². The van der Waals surface area contributed by atoms with Crippen molar-refractivity contribution >= 4 is 28.6 Å². The molecule has 1 aliphatic carbocycles. The normalized spacial score (nSPS) is 24.7. The van der Waals surface area contributed by atoms with Crippen molar-refractivity contribution in [2.24, 2.45) is 5.92 Å². The van der Waals surface area contributed by atoms with Crippen LogP contribution in [0.15, 0.2) is 48.5 Å². The number of imidazole rings is 1. The summed E-state index contributed by atoms with van der Waals surface area (Å²) >= 11 is 5.96. The number of nitrogens with zero attached hydrogens (tertiary/aromatic N) is 2. The number of rotatable bonds is 3. The van der Waals surface area contributed by atoms with Crippen molar-refractivity contribution in [3.05, 3.63) is 64.9 Å². The number of nitrogens with one attached hydrogen (secondary N) is 1. The molecule has 4 rings (SSSR count).